The molecule has 1 fully saturated rings. The Hall–Kier alpha value is -2.72. The van der Waals surface area contributed by atoms with Gasteiger partial charge in [0.15, 0.2) is 0 Å². The second-order valence-electron chi connectivity index (χ2n) is 7.81. The predicted molar refractivity (Wildman–Crippen MR) is 113 cm³/mol. The normalized spacial score (nSPS) is 18.6. The summed E-state index contributed by atoms with van der Waals surface area (Å²) in [4.78, 5) is 24.9. The second-order valence-corrected chi connectivity index (χ2v) is 9.70. The van der Waals surface area contributed by atoms with Crippen LogP contribution in [0.1, 0.15) is 37.3 Å². The van der Waals surface area contributed by atoms with Crippen molar-refractivity contribution in [2.45, 2.75) is 36.6 Å². The topological polar surface area (TPSA) is 99.2 Å². The van der Waals surface area contributed by atoms with Gasteiger partial charge in [0.25, 0.3) is 5.56 Å². The Kier molecular flexibility index (Phi) is 5.15. The van der Waals surface area contributed by atoms with E-state index in [1.165, 1.54) is 34.1 Å². The van der Waals surface area contributed by atoms with Gasteiger partial charge < -0.3 is 0 Å². The molecular weight excluding hydrogens is 406 g/mol. The lowest BCUT2D eigenvalue weighted by atomic mass is 10.1. The number of hydrogen-bond acceptors (Lipinski definition) is 5. The fourth-order valence-electron chi connectivity index (χ4n) is 4.19. The van der Waals surface area contributed by atoms with E-state index in [9.17, 15) is 18.0 Å². The van der Waals surface area contributed by atoms with Crippen LogP contribution in [0.3, 0.4) is 0 Å². The Labute approximate surface area is 174 Å². The molecule has 3 aromatic rings. The highest BCUT2D eigenvalue weighted by atomic mass is 32.2. The third-order valence-corrected chi connectivity index (χ3v) is 7.76. The molecule has 160 valence electrons. The molecular formula is C20H25N5O4S. The van der Waals surface area contributed by atoms with Crippen molar-refractivity contribution in [3.8, 4) is 0 Å². The summed E-state index contributed by atoms with van der Waals surface area (Å²) in [6.07, 6.45) is 6.96. The van der Waals surface area contributed by atoms with Gasteiger partial charge in [-0.1, -0.05) is 12.8 Å². The van der Waals surface area contributed by atoms with E-state index in [1.54, 1.807) is 17.9 Å². The standard InChI is InChI=1S/C20H25N5O4S/c1-22-13-14(12-21-22)17-7-5-4-6-10-25(17)30(28,29)15-8-9-18-16(11-15)19(26)24(3)20(27)23(18)2/h8-9,11-13,17H,4-7,10H2,1-3H3/t17-/m1/s1. The van der Waals surface area contributed by atoms with Gasteiger partial charge in [0.1, 0.15) is 0 Å². The lowest BCUT2D eigenvalue weighted by molar-refractivity contribution is 0.329. The van der Waals surface area contributed by atoms with Gasteiger partial charge in [0.2, 0.25) is 10.0 Å². The van der Waals surface area contributed by atoms with Crippen LogP contribution in [0.15, 0.2) is 45.1 Å². The van der Waals surface area contributed by atoms with Crippen LogP contribution in [0.4, 0.5) is 0 Å². The molecule has 9 nitrogen and oxygen atoms in total. The van der Waals surface area contributed by atoms with Gasteiger partial charge in [-0.05, 0) is 31.0 Å². The number of rotatable bonds is 3. The predicted octanol–water partition coefficient (Wildman–Crippen LogP) is 1.28. The number of sulfonamides is 1. The summed E-state index contributed by atoms with van der Waals surface area (Å²) in [5, 5.41) is 4.41. The van der Waals surface area contributed by atoms with Crippen molar-refractivity contribution in [2.75, 3.05) is 6.54 Å². The van der Waals surface area contributed by atoms with Crippen LogP contribution < -0.4 is 11.2 Å². The Morgan fingerprint density at radius 3 is 2.50 bits per heavy atom. The smallest absolute Gasteiger partial charge is 0.296 e. The van der Waals surface area contributed by atoms with Crippen molar-refractivity contribution in [1.29, 1.82) is 0 Å². The third-order valence-electron chi connectivity index (χ3n) is 5.86. The van der Waals surface area contributed by atoms with Crippen molar-refractivity contribution in [1.82, 2.24) is 23.2 Å². The first kappa shape index (κ1) is 20.5. The van der Waals surface area contributed by atoms with Crippen LogP contribution >= 0.6 is 0 Å². The van der Waals surface area contributed by atoms with Crippen molar-refractivity contribution >= 4 is 20.9 Å². The number of nitrogens with zero attached hydrogens (tertiary/aromatic N) is 5. The minimum atomic E-state index is -3.86. The quantitative estimate of drug-likeness (QED) is 0.622. The SMILES string of the molecule is Cn1cc([C@H]2CCCCCN2S(=O)(=O)c2ccc3c(c2)c(=O)n(C)c(=O)n3C)cn1. The maximum atomic E-state index is 13.6. The molecule has 0 spiro atoms. The summed E-state index contributed by atoms with van der Waals surface area (Å²) >= 11 is 0. The summed E-state index contributed by atoms with van der Waals surface area (Å²) in [6.45, 7) is 0.408. The molecule has 0 amide bonds. The van der Waals surface area contributed by atoms with Gasteiger partial charge in [-0.15, -0.1) is 0 Å². The van der Waals surface area contributed by atoms with Gasteiger partial charge in [0.05, 0.1) is 28.0 Å². The molecule has 0 bridgehead atoms. The lowest BCUT2D eigenvalue weighted by Crippen LogP contribution is -2.37. The van der Waals surface area contributed by atoms with E-state index < -0.39 is 21.3 Å². The molecule has 4 rings (SSSR count). The number of aromatic nitrogens is 4. The summed E-state index contributed by atoms with van der Waals surface area (Å²) in [5.41, 5.74) is 0.306. The van der Waals surface area contributed by atoms with E-state index in [0.717, 1.165) is 35.8 Å². The van der Waals surface area contributed by atoms with E-state index in [1.807, 2.05) is 13.2 Å². The highest BCUT2D eigenvalue weighted by molar-refractivity contribution is 7.89. The highest BCUT2D eigenvalue weighted by Gasteiger charge is 2.34. The zero-order valence-electron chi connectivity index (χ0n) is 17.3. The molecule has 1 atom stereocenters. The summed E-state index contributed by atoms with van der Waals surface area (Å²) in [6, 6.07) is 4.09. The summed E-state index contributed by atoms with van der Waals surface area (Å²) < 4.78 is 32.8. The Morgan fingerprint density at radius 2 is 1.80 bits per heavy atom. The maximum absolute atomic E-state index is 13.6. The molecule has 1 saturated heterocycles. The molecule has 0 aliphatic carbocycles. The Morgan fingerprint density at radius 1 is 1.03 bits per heavy atom. The average Bonchev–Trinajstić information content (AvgIpc) is 3.00. The molecule has 2 aromatic heterocycles. The molecule has 3 heterocycles. The van der Waals surface area contributed by atoms with Crippen LogP contribution in [-0.2, 0) is 31.2 Å². The van der Waals surface area contributed by atoms with Crippen molar-refractivity contribution in [3.05, 3.63) is 57.0 Å². The van der Waals surface area contributed by atoms with Gasteiger partial charge in [0, 0.05) is 39.4 Å². The van der Waals surface area contributed by atoms with E-state index >= 15 is 0 Å². The minimum absolute atomic E-state index is 0.0570. The molecule has 0 saturated carbocycles. The first-order valence-electron chi connectivity index (χ1n) is 9.92. The lowest BCUT2D eigenvalue weighted by Gasteiger charge is -2.28. The number of fused-ring (bicyclic) bond motifs is 1. The fraction of sp³-hybridized carbons (Fsp3) is 0.450. The maximum Gasteiger partial charge on any atom is 0.330 e. The molecule has 1 aliphatic heterocycles. The van der Waals surface area contributed by atoms with Gasteiger partial charge >= 0.3 is 5.69 Å². The molecule has 0 radical (unpaired) electrons. The first-order chi connectivity index (χ1) is 14.2. The monoisotopic (exact) mass is 431 g/mol. The van der Waals surface area contributed by atoms with E-state index in [0.29, 0.717) is 12.1 Å². The van der Waals surface area contributed by atoms with Crippen molar-refractivity contribution < 1.29 is 8.42 Å². The van der Waals surface area contributed by atoms with Crippen LogP contribution in [0.2, 0.25) is 0 Å². The molecule has 0 unspecified atom stereocenters. The van der Waals surface area contributed by atoms with Crippen molar-refractivity contribution in [3.63, 3.8) is 0 Å². The Balaban J connectivity index is 1.86. The van der Waals surface area contributed by atoms with Crippen LogP contribution in [-0.4, -0.2) is 38.2 Å². The fourth-order valence-corrected chi connectivity index (χ4v) is 5.89. The van der Waals surface area contributed by atoms with Gasteiger partial charge in [-0.25, -0.2) is 13.2 Å². The van der Waals surface area contributed by atoms with E-state index in [4.69, 9.17) is 0 Å². The zero-order chi connectivity index (χ0) is 21.6. The van der Waals surface area contributed by atoms with Gasteiger partial charge in [-0.3, -0.25) is 18.6 Å². The third kappa shape index (κ3) is 3.29. The molecule has 0 N–H and O–H groups in total. The number of hydrogen-bond donors (Lipinski definition) is 0. The summed E-state index contributed by atoms with van der Waals surface area (Å²) in [7, 11) is 0.900. The van der Waals surface area contributed by atoms with Crippen LogP contribution in [0.5, 0.6) is 0 Å². The van der Waals surface area contributed by atoms with Crippen LogP contribution in [0.25, 0.3) is 10.9 Å². The largest absolute Gasteiger partial charge is 0.330 e. The zero-order valence-corrected chi connectivity index (χ0v) is 18.1. The first-order valence-corrected chi connectivity index (χ1v) is 11.4. The highest BCUT2D eigenvalue weighted by Crippen LogP contribution is 2.34. The minimum Gasteiger partial charge on any atom is -0.296 e. The molecule has 1 aliphatic rings. The number of aryl methyl sites for hydroxylation is 2. The van der Waals surface area contributed by atoms with E-state index in [-0.39, 0.29) is 16.3 Å². The second kappa shape index (κ2) is 7.51. The molecule has 30 heavy (non-hydrogen) atoms. The average molecular weight is 432 g/mol. The van der Waals surface area contributed by atoms with Crippen molar-refractivity contribution in [2.24, 2.45) is 21.1 Å². The molecule has 10 heteroatoms. The summed E-state index contributed by atoms with van der Waals surface area (Å²) in [5.74, 6) is 0. The van der Waals surface area contributed by atoms with Gasteiger partial charge in [-0.2, -0.15) is 9.40 Å². The molecule has 1 aromatic carbocycles. The number of benzene rings is 1. The van der Waals surface area contributed by atoms with E-state index in [2.05, 4.69) is 5.10 Å². The van der Waals surface area contributed by atoms with Crippen LogP contribution in [0, 0.1) is 0 Å². The Bertz CT molecular complexity index is 1340.